The van der Waals surface area contributed by atoms with Gasteiger partial charge in [-0.25, -0.2) is 9.97 Å². The van der Waals surface area contributed by atoms with Crippen LogP contribution in [0.4, 0.5) is 0 Å². The molecule has 4 nitrogen and oxygen atoms in total. The quantitative estimate of drug-likeness (QED) is 0.939. The minimum atomic E-state index is 0.264. The largest absolute Gasteiger partial charge is 0.310 e. The van der Waals surface area contributed by atoms with Gasteiger partial charge in [0.05, 0.1) is 0 Å². The van der Waals surface area contributed by atoms with E-state index in [9.17, 15) is 0 Å². The minimum absolute atomic E-state index is 0.264. The molecule has 2 aromatic rings. The maximum absolute atomic E-state index is 4.82. The van der Waals surface area contributed by atoms with Crippen molar-refractivity contribution in [3.05, 3.63) is 42.0 Å². The standard InChI is InChI=1S/C17H22N4/c1-4-19-14-8-17(2,3)9-15-13(14)11-20-16(21-15)12-6-5-7-18-10-12/h5-7,10-11,14,19H,4,8-9H2,1-3H3. The summed E-state index contributed by atoms with van der Waals surface area (Å²) in [6.07, 6.45) is 7.71. The van der Waals surface area contributed by atoms with Crippen molar-refractivity contribution in [1.82, 2.24) is 20.3 Å². The molecule has 3 rings (SSSR count). The van der Waals surface area contributed by atoms with E-state index in [2.05, 4.69) is 36.1 Å². The third-order valence-corrected chi connectivity index (χ3v) is 4.05. The van der Waals surface area contributed by atoms with Crippen LogP contribution in [0, 0.1) is 5.41 Å². The van der Waals surface area contributed by atoms with Crippen LogP contribution in [0.5, 0.6) is 0 Å². The molecule has 110 valence electrons. The molecule has 0 aliphatic heterocycles. The van der Waals surface area contributed by atoms with Crippen molar-refractivity contribution < 1.29 is 0 Å². The molecule has 0 radical (unpaired) electrons. The first-order valence-corrected chi connectivity index (χ1v) is 7.59. The second kappa shape index (κ2) is 5.53. The molecule has 2 aromatic heterocycles. The molecule has 1 aliphatic carbocycles. The molecule has 0 amide bonds. The van der Waals surface area contributed by atoms with Crippen LogP contribution in [0.25, 0.3) is 11.4 Å². The first kappa shape index (κ1) is 14.1. The smallest absolute Gasteiger partial charge is 0.160 e. The summed E-state index contributed by atoms with van der Waals surface area (Å²) in [7, 11) is 0. The van der Waals surface area contributed by atoms with Gasteiger partial charge < -0.3 is 5.32 Å². The molecule has 4 heteroatoms. The molecule has 21 heavy (non-hydrogen) atoms. The Morgan fingerprint density at radius 3 is 2.90 bits per heavy atom. The molecule has 0 saturated heterocycles. The van der Waals surface area contributed by atoms with E-state index in [-0.39, 0.29) is 5.41 Å². The predicted octanol–water partition coefficient (Wildman–Crippen LogP) is 3.16. The SMILES string of the molecule is CCNC1CC(C)(C)Cc2nc(-c3cccnc3)ncc21. The van der Waals surface area contributed by atoms with Crippen LogP contribution in [0.1, 0.15) is 44.5 Å². The van der Waals surface area contributed by atoms with Gasteiger partial charge >= 0.3 is 0 Å². The van der Waals surface area contributed by atoms with Crippen molar-refractivity contribution in [2.75, 3.05) is 6.54 Å². The van der Waals surface area contributed by atoms with Gasteiger partial charge in [0.25, 0.3) is 0 Å². The molecular weight excluding hydrogens is 260 g/mol. The van der Waals surface area contributed by atoms with Gasteiger partial charge in [-0.1, -0.05) is 20.8 Å². The normalized spacial score (nSPS) is 20.0. The molecular formula is C17H22N4. The number of aromatic nitrogens is 3. The fourth-order valence-corrected chi connectivity index (χ4v) is 3.11. The van der Waals surface area contributed by atoms with Gasteiger partial charge in [-0.3, -0.25) is 4.98 Å². The molecule has 0 spiro atoms. The van der Waals surface area contributed by atoms with E-state index in [4.69, 9.17) is 4.98 Å². The Labute approximate surface area is 126 Å². The van der Waals surface area contributed by atoms with Crippen LogP contribution >= 0.6 is 0 Å². The van der Waals surface area contributed by atoms with Crippen molar-refractivity contribution in [1.29, 1.82) is 0 Å². The van der Waals surface area contributed by atoms with E-state index in [0.717, 1.165) is 30.8 Å². The lowest BCUT2D eigenvalue weighted by Gasteiger charge is -2.36. The first-order valence-electron chi connectivity index (χ1n) is 7.59. The van der Waals surface area contributed by atoms with Gasteiger partial charge in [-0.05, 0) is 36.9 Å². The highest BCUT2D eigenvalue weighted by Gasteiger charge is 2.33. The van der Waals surface area contributed by atoms with Gasteiger partial charge in [0.2, 0.25) is 0 Å². The molecule has 1 atom stereocenters. The summed E-state index contributed by atoms with van der Waals surface area (Å²) in [4.78, 5) is 13.5. The molecule has 0 fully saturated rings. The van der Waals surface area contributed by atoms with Crippen LogP contribution in [0.3, 0.4) is 0 Å². The molecule has 1 aliphatic rings. The van der Waals surface area contributed by atoms with Gasteiger partial charge in [0.1, 0.15) is 0 Å². The van der Waals surface area contributed by atoms with Crippen molar-refractivity contribution in [2.24, 2.45) is 5.41 Å². The third-order valence-electron chi connectivity index (χ3n) is 4.05. The minimum Gasteiger partial charge on any atom is -0.310 e. The van der Waals surface area contributed by atoms with Crippen molar-refractivity contribution in [2.45, 2.75) is 39.7 Å². The number of fused-ring (bicyclic) bond motifs is 1. The Bertz CT molecular complexity index is 622. The van der Waals surface area contributed by atoms with Crippen LogP contribution in [-0.2, 0) is 6.42 Å². The van der Waals surface area contributed by atoms with E-state index in [1.165, 1.54) is 11.3 Å². The maximum Gasteiger partial charge on any atom is 0.160 e. The zero-order valence-corrected chi connectivity index (χ0v) is 12.9. The van der Waals surface area contributed by atoms with Gasteiger partial charge in [0.15, 0.2) is 5.82 Å². The monoisotopic (exact) mass is 282 g/mol. The number of hydrogen-bond donors (Lipinski definition) is 1. The number of hydrogen-bond acceptors (Lipinski definition) is 4. The van der Waals surface area contributed by atoms with Crippen molar-refractivity contribution >= 4 is 0 Å². The van der Waals surface area contributed by atoms with Crippen LogP contribution in [-0.4, -0.2) is 21.5 Å². The number of rotatable bonds is 3. The lowest BCUT2D eigenvalue weighted by atomic mass is 9.74. The second-order valence-corrected chi connectivity index (χ2v) is 6.49. The molecule has 0 aromatic carbocycles. The highest BCUT2D eigenvalue weighted by Crippen LogP contribution is 2.40. The van der Waals surface area contributed by atoms with Crippen LogP contribution in [0.2, 0.25) is 0 Å². The number of nitrogens with zero attached hydrogens (tertiary/aromatic N) is 3. The van der Waals surface area contributed by atoms with Crippen molar-refractivity contribution in [3.8, 4) is 11.4 Å². The summed E-state index contributed by atoms with van der Waals surface area (Å²) in [5.41, 5.74) is 3.67. The van der Waals surface area contributed by atoms with Gasteiger partial charge in [-0.15, -0.1) is 0 Å². The fourth-order valence-electron chi connectivity index (χ4n) is 3.11. The second-order valence-electron chi connectivity index (χ2n) is 6.49. The summed E-state index contributed by atoms with van der Waals surface area (Å²) in [5, 5.41) is 3.56. The summed E-state index contributed by atoms with van der Waals surface area (Å²) < 4.78 is 0. The van der Waals surface area contributed by atoms with Crippen LogP contribution in [0.15, 0.2) is 30.7 Å². The predicted molar refractivity (Wildman–Crippen MR) is 83.8 cm³/mol. The molecule has 0 saturated carbocycles. The third kappa shape index (κ3) is 2.95. The van der Waals surface area contributed by atoms with Crippen LogP contribution < -0.4 is 5.32 Å². The van der Waals surface area contributed by atoms with E-state index < -0.39 is 0 Å². The first-order chi connectivity index (χ1) is 10.1. The lowest BCUT2D eigenvalue weighted by molar-refractivity contribution is 0.255. The number of pyridine rings is 1. The summed E-state index contributed by atoms with van der Waals surface area (Å²) in [5.74, 6) is 0.773. The Balaban J connectivity index is 2.01. The van der Waals surface area contributed by atoms with Gasteiger partial charge in [0, 0.05) is 41.5 Å². The summed E-state index contributed by atoms with van der Waals surface area (Å²) in [6.45, 7) is 7.73. The average Bonchev–Trinajstić information content (AvgIpc) is 2.46. The van der Waals surface area contributed by atoms with E-state index >= 15 is 0 Å². The summed E-state index contributed by atoms with van der Waals surface area (Å²) >= 11 is 0. The van der Waals surface area contributed by atoms with Crippen molar-refractivity contribution in [3.63, 3.8) is 0 Å². The van der Waals surface area contributed by atoms with E-state index in [0.29, 0.717) is 6.04 Å². The highest BCUT2D eigenvalue weighted by atomic mass is 15.0. The highest BCUT2D eigenvalue weighted by molar-refractivity contribution is 5.53. The molecule has 1 unspecified atom stereocenters. The van der Waals surface area contributed by atoms with Gasteiger partial charge in [-0.2, -0.15) is 0 Å². The Morgan fingerprint density at radius 2 is 2.19 bits per heavy atom. The Morgan fingerprint density at radius 1 is 1.33 bits per heavy atom. The number of nitrogens with one attached hydrogen (secondary N) is 1. The molecule has 0 bridgehead atoms. The van der Waals surface area contributed by atoms with E-state index in [1.807, 2.05) is 24.5 Å². The summed E-state index contributed by atoms with van der Waals surface area (Å²) in [6, 6.07) is 4.28. The van der Waals surface area contributed by atoms with E-state index in [1.54, 1.807) is 6.20 Å². The molecule has 1 N–H and O–H groups in total. The fraction of sp³-hybridized carbons (Fsp3) is 0.471. The zero-order chi connectivity index (χ0) is 14.9. The lowest BCUT2D eigenvalue weighted by Crippen LogP contribution is -2.34. The Kier molecular flexibility index (Phi) is 3.72. The Hall–Kier alpha value is -1.81. The average molecular weight is 282 g/mol. The maximum atomic E-state index is 4.82. The topological polar surface area (TPSA) is 50.7 Å². The zero-order valence-electron chi connectivity index (χ0n) is 12.9. The molecule has 2 heterocycles.